The van der Waals surface area contributed by atoms with Crippen LogP contribution < -0.4 is 11.1 Å². The second kappa shape index (κ2) is 5.15. The van der Waals surface area contributed by atoms with E-state index in [1.807, 2.05) is 0 Å². The molecule has 1 saturated heterocycles. The van der Waals surface area contributed by atoms with Crippen LogP contribution >= 0.6 is 12.2 Å². The van der Waals surface area contributed by atoms with E-state index >= 15 is 0 Å². The van der Waals surface area contributed by atoms with Gasteiger partial charge in [0.15, 0.2) is 15.7 Å². The molecule has 0 aromatic carbocycles. The fourth-order valence-electron chi connectivity index (χ4n) is 1.94. The van der Waals surface area contributed by atoms with Gasteiger partial charge < -0.3 is 11.1 Å². The molecule has 8 heteroatoms. The summed E-state index contributed by atoms with van der Waals surface area (Å²) in [4.78, 5) is 0.242. The predicted molar refractivity (Wildman–Crippen MR) is 73.2 cm³/mol. The lowest BCUT2D eigenvalue weighted by atomic mass is 10.1. The van der Waals surface area contributed by atoms with Crippen molar-refractivity contribution in [2.45, 2.75) is 6.42 Å². The number of sulfone groups is 1. The van der Waals surface area contributed by atoms with Crippen LogP contribution in [0.5, 0.6) is 0 Å². The van der Waals surface area contributed by atoms with Gasteiger partial charge in [-0.2, -0.15) is 5.10 Å². The first-order chi connectivity index (χ1) is 8.48. The van der Waals surface area contributed by atoms with Crippen LogP contribution in [-0.2, 0) is 9.84 Å². The van der Waals surface area contributed by atoms with Crippen molar-refractivity contribution in [2.75, 3.05) is 23.4 Å². The zero-order chi connectivity index (χ0) is 13.2. The highest BCUT2D eigenvalue weighted by Gasteiger charge is 2.27. The van der Waals surface area contributed by atoms with Crippen LogP contribution in [0.2, 0.25) is 0 Å². The number of hydrogen-bond acceptors (Lipinski definition) is 6. The molecule has 0 aliphatic carbocycles. The molecule has 0 amide bonds. The Hall–Kier alpha value is -1.28. The SMILES string of the molecule is NC(=S)c1ccnnc1NCC1CCS(=O)(=O)C1. The Bertz CT molecular complexity index is 559. The van der Waals surface area contributed by atoms with Crippen LogP contribution in [0.4, 0.5) is 5.82 Å². The fourth-order valence-corrected chi connectivity index (χ4v) is 3.96. The second-order valence-electron chi connectivity index (χ2n) is 4.31. The molecule has 1 aromatic heterocycles. The Labute approximate surface area is 111 Å². The van der Waals surface area contributed by atoms with E-state index in [1.54, 1.807) is 6.07 Å². The van der Waals surface area contributed by atoms with E-state index in [0.29, 0.717) is 24.3 Å². The Morgan fingerprint density at radius 2 is 2.39 bits per heavy atom. The van der Waals surface area contributed by atoms with E-state index < -0.39 is 9.84 Å². The first kappa shape index (κ1) is 13.2. The number of hydrogen-bond donors (Lipinski definition) is 2. The fraction of sp³-hybridized carbons (Fsp3) is 0.500. The van der Waals surface area contributed by atoms with Gasteiger partial charge in [-0.25, -0.2) is 8.42 Å². The molecule has 1 aliphatic rings. The van der Waals surface area contributed by atoms with Gasteiger partial charge in [-0.05, 0) is 18.4 Å². The first-order valence-electron chi connectivity index (χ1n) is 5.54. The number of anilines is 1. The maximum Gasteiger partial charge on any atom is 0.158 e. The zero-order valence-electron chi connectivity index (χ0n) is 9.67. The van der Waals surface area contributed by atoms with Crippen LogP contribution in [-0.4, -0.2) is 41.7 Å². The molecule has 1 aliphatic heterocycles. The van der Waals surface area contributed by atoms with E-state index in [1.165, 1.54) is 6.20 Å². The molecule has 2 heterocycles. The molecule has 0 radical (unpaired) electrons. The summed E-state index contributed by atoms with van der Waals surface area (Å²) in [5.41, 5.74) is 6.19. The predicted octanol–water partition coefficient (Wildman–Crippen LogP) is -0.0426. The summed E-state index contributed by atoms with van der Waals surface area (Å²) in [5, 5.41) is 10.7. The molecular formula is C10H14N4O2S2. The van der Waals surface area contributed by atoms with Crippen LogP contribution in [0.3, 0.4) is 0 Å². The van der Waals surface area contributed by atoms with Gasteiger partial charge in [0.05, 0.1) is 23.3 Å². The Kier molecular flexibility index (Phi) is 3.76. The van der Waals surface area contributed by atoms with Crippen LogP contribution in [0, 0.1) is 5.92 Å². The molecule has 1 aromatic rings. The Morgan fingerprint density at radius 3 is 3.00 bits per heavy atom. The van der Waals surface area contributed by atoms with Crippen LogP contribution in [0.25, 0.3) is 0 Å². The minimum Gasteiger partial charge on any atom is -0.389 e. The molecule has 0 bridgehead atoms. The molecular weight excluding hydrogens is 272 g/mol. The summed E-state index contributed by atoms with van der Waals surface area (Å²) in [6, 6.07) is 1.68. The molecule has 0 spiro atoms. The molecule has 1 atom stereocenters. The normalized spacial score (nSPS) is 21.7. The van der Waals surface area contributed by atoms with E-state index in [9.17, 15) is 8.42 Å². The van der Waals surface area contributed by atoms with Gasteiger partial charge in [0.1, 0.15) is 4.99 Å². The van der Waals surface area contributed by atoms with E-state index in [0.717, 1.165) is 0 Å². The third-order valence-corrected chi connectivity index (χ3v) is 4.93. The highest BCUT2D eigenvalue weighted by Crippen LogP contribution is 2.19. The highest BCUT2D eigenvalue weighted by atomic mass is 32.2. The number of nitrogens with one attached hydrogen (secondary N) is 1. The smallest absolute Gasteiger partial charge is 0.158 e. The number of nitrogens with two attached hydrogens (primary N) is 1. The third-order valence-electron chi connectivity index (χ3n) is 2.87. The van der Waals surface area contributed by atoms with Crippen molar-refractivity contribution in [1.82, 2.24) is 10.2 Å². The molecule has 0 saturated carbocycles. The molecule has 18 heavy (non-hydrogen) atoms. The van der Waals surface area contributed by atoms with E-state index in [4.69, 9.17) is 18.0 Å². The number of nitrogens with zero attached hydrogens (tertiary/aromatic N) is 2. The van der Waals surface area contributed by atoms with E-state index in [2.05, 4.69) is 15.5 Å². The third kappa shape index (κ3) is 3.14. The second-order valence-corrected chi connectivity index (χ2v) is 6.98. The molecule has 1 fully saturated rings. The Morgan fingerprint density at radius 1 is 1.61 bits per heavy atom. The largest absolute Gasteiger partial charge is 0.389 e. The van der Waals surface area contributed by atoms with Crippen molar-refractivity contribution in [3.63, 3.8) is 0 Å². The summed E-state index contributed by atoms with van der Waals surface area (Å²) < 4.78 is 22.7. The highest BCUT2D eigenvalue weighted by molar-refractivity contribution is 7.91. The first-order valence-corrected chi connectivity index (χ1v) is 7.77. The van der Waals surface area contributed by atoms with Crippen molar-refractivity contribution >= 4 is 32.9 Å². The molecule has 2 rings (SSSR count). The van der Waals surface area contributed by atoms with Gasteiger partial charge in [-0.15, -0.1) is 5.10 Å². The van der Waals surface area contributed by atoms with Crippen molar-refractivity contribution in [3.05, 3.63) is 17.8 Å². The summed E-state index contributed by atoms with van der Waals surface area (Å²) in [5.74, 6) is 1.11. The summed E-state index contributed by atoms with van der Waals surface area (Å²) in [6.45, 7) is 0.535. The topological polar surface area (TPSA) is 98.0 Å². The number of aromatic nitrogens is 2. The average molecular weight is 286 g/mol. The van der Waals surface area contributed by atoms with Gasteiger partial charge in [0.2, 0.25) is 0 Å². The molecule has 6 nitrogen and oxygen atoms in total. The minimum atomic E-state index is -2.85. The monoisotopic (exact) mass is 286 g/mol. The lowest BCUT2D eigenvalue weighted by Crippen LogP contribution is -2.20. The van der Waals surface area contributed by atoms with Gasteiger partial charge >= 0.3 is 0 Å². The van der Waals surface area contributed by atoms with Crippen molar-refractivity contribution < 1.29 is 8.42 Å². The van der Waals surface area contributed by atoms with Crippen molar-refractivity contribution in [2.24, 2.45) is 11.7 Å². The zero-order valence-corrected chi connectivity index (χ0v) is 11.3. The van der Waals surface area contributed by atoms with Crippen LogP contribution in [0.1, 0.15) is 12.0 Å². The standard InChI is InChI=1S/C10H14N4O2S2/c11-9(17)8-1-3-13-14-10(8)12-5-7-2-4-18(15,16)6-7/h1,3,7H,2,4-6H2,(H2,11,17)(H,12,14). The molecule has 3 N–H and O–H groups in total. The number of rotatable bonds is 4. The van der Waals surface area contributed by atoms with Gasteiger partial charge in [0.25, 0.3) is 0 Å². The molecule has 98 valence electrons. The van der Waals surface area contributed by atoms with Gasteiger partial charge in [-0.1, -0.05) is 12.2 Å². The summed E-state index contributed by atoms with van der Waals surface area (Å²) in [6.07, 6.45) is 2.19. The lowest BCUT2D eigenvalue weighted by Gasteiger charge is -2.12. The maximum absolute atomic E-state index is 11.3. The quantitative estimate of drug-likeness (QED) is 0.749. The van der Waals surface area contributed by atoms with Crippen LogP contribution in [0.15, 0.2) is 12.3 Å². The van der Waals surface area contributed by atoms with Crippen molar-refractivity contribution in [3.8, 4) is 0 Å². The number of thiocarbonyl (C=S) groups is 1. The van der Waals surface area contributed by atoms with E-state index in [-0.39, 0.29) is 22.4 Å². The lowest BCUT2D eigenvalue weighted by molar-refractivity contribution is 0.595. The summed E-state index contributed by atoms with van der Waals surface area (Å²) in [7, 11) is -2.85. The maximum atomic E-state index is 11.3. The average Bonchev–Trinajstić information content (AvgIpc) is 2.66. The minimum absolute atomic E-state index is 0.108. The van der Waals surface area contributed by atoms with Crippen molar-refractivity contribution in [1.29, 1.82) is 0 Å². The van der Waals surface area contributed by atoms with Gasteiger partial charge in [0, 0.05) is 6.54 Å². The summed E-state index contributed by atoms with van der Waals surface area (Å²) >= 11 is 4.91. The Balaban J connectivity index is 2.01. The molecule has 1 unspecified atom stereocenters. The van der Waals surface area contributed by atoms with Gasteiger partial charge in [-0.3, -0.25) is 0 Å².